The van der Waals surface area contributed by atoms with Gasteiger partial charge in [0, 0.05) is 6.04 Å². The number of hydrogen-bond donors (Lipinski definition) is 1. The lowest BCUT2D eigenvalue weighted by atomic mass is 10.0. The fourth-order valence-corrected chi connectivity index (χ4v) is 4.51. The van der Waals surface area contributed by atoms with Crippen molar-refractivity contribution in [2.24, 2.45) is 0 Å². The molecule has 1 N–H and O–H groups in total. The molecule has 0 spiro atoms. The predicted octanol–water partition coefficient (Wildman–Crippen LogP) is 4.36. The van der Waals surface area contributed by atoms with Crippen LogP contribution in [-0.4, -0.2) is 15.5 Å². The molecule has 4 nitrogen and oxygen atoms in total. The molecule has 0 aliphatic carbocycles. The molecule has 0 radical (unpaired) electrons. The Balaban J connectivity index is 2.39. The van der Waals surface area contributed by atoms with Gasteiger partial charge in [0.1, 0.15) is 5.75 Å². The van der Waals surface area contributed by atoms with E-state index in [9.17, 15) is 8.42 Å². The molecule has 2 rings (SSSR count). The molecule has 0 aliphatic heterocycles. The minimum atomic E-state index is -3.63. The van der Waals surface area contributed by atoms with Crippen LogP contribution in [0.2, 0.25) is 0 Å². The van der Waals surface area contributed by atoms with E-state index in [2.05, 4.69) is 10.8 Å². The number of benzene rings is 2. The summed E-state index contributed by atoms with van der Waals surface area (Å²) in [6.07, 6.45) is 0.677. The van der Waals surface area contributed by atoms with Gasteiger partial charge in [-0.1, -0.05) is 25.1 Å². The highest BCUT2D eigenvalue weighted by molar-refractivity contribution is 7.89. The number of methoxy groups -OCH3 is 1. The summed E-state index contributed by atoms with van der Waals surface area (Å²) in [6.45, 7) is 9.75. The van der Waals surface area contributed by atoms with Gasteiger partial charge in [0.15, 0.2) is 0 Å². The number of ether oxygens (including phenoxy) is 1. The van der Waals surface area contributed by atoms with Gasteiger partial charge >= 0.3 is 0 Å². The Labute approximate surface area is 151 Å². The third kappa shape index (κ3) is 4.05. The molecule has 0 amide bonds. The van der Waals surface area contributed by atoms with Gasteiger partial charge in [0.2, 0.25) is 10.0 Å². The van der Waals surface area contributed by atoms with Crippen LogP contribution in [0.15, 0.2) is 35.2 Å². The molecule has 25 heavy (non-hydrogen) atoms. The Kier molecular flexibility index (Phi) is 5.91. The molecule has 0 aliphatic rings. The Morgan fingerprint density at radius 3 is 2.24 bits per heavy atom. The van der Waals surface area contributed by atoms with Crippen molar-refractivity contribution in [1.82, 2.24) is 4.72 Å². The monoisotopic (exact) mass is 361 g/mol. The summed E-state index contributed by atoms with van der Waals surface area (Å²) < 4.78 is 34.0. The van der Waals surface area contributed by atoms with Crippen LogP contribution in [0.5, 0.6) is 5.75 Å². The predicted molar refractivity (Wildman–Crippen MR) is 102 cm³/mol. The lowest BCUT2D eigenvalue weighted by Gasteiger charge is -2.20. The van der Waals surface area contributed by atoms with Gasteiger partial charge in [-0.3, -0.25) is 0 Å². The summed E-state index contributed by atoms with van der Waals surface area (Å²) in [6, 6.07) is 9.13. The van der Waals surface area contributed by atoms with E-state index in [1.165, 1.54) is 5.56 Å². The first-order valence-corrected chi connectivity index (χ1v) is 9.93. The van der Waals surface area contributed by atoms with Crippen molar-refractivity contribution in [2.75, 3.05) is 7.11 Å². The molecule has 0 fully saturated rings. The van der Waals surface area contributed by atoms with E-state index >= 15 is 0 Å². The molecule has 1 atom stereocenters. The SMILES string of the molecule is CCC(NS(=O)(=O)c1ccc(OC)c(C)c1C)c1ccc(C)c(C)c1. The Morgan fingerprint density at radius 1 is 1.00 bits per heavy atom. The number of hydrogen-bond acceptors (Lipinski definition) is 3. The number of nitrogens with one attached hydrogen (secondary N) is 1. The maximum absolute atomic E-state index is 12.9. The first-order chi connectivity index (χ1) is 11.7. The Morgan fingerprint density at radius 2 is 1.68 bits per heavy atom. The highest BCUT2D eigenvalue weighted by Gasteiger charge is 2.23. The summed E-state index contributed by atoms with van der Waals surface area (Å²) in [5.41, 5.74) is 4.89. The second-order valence-corrected chi connectivity index (χ2v) is 8.12. The van der Waals surface area contributed by atoms with Crippen LogP contribution < -0.4 is 9.46 Å². The van der Waals surface area contributed by atoms with Crippen molar-refractivity contribution in [3.8, 4) is 5.75 Å². The second-order valence-electron chi connectivity index (χ2n) is 6.44. The van der Waals surface area contributed by atoms with E-state index in [0.717, 1.165) is 16.7 Å². The van der Waals surface area contributed by atoms with E-state index in [1.807, 2.05) is 46.8 Å². The summed E-state index contributed by atoms with van der Waals surface area (Å²) in [5, 5.41) is 0. The fourth-order valence-electron chi connectivity index (χ4n) is 2.90. The zero-order valence-corrected chi connectivity index (χ0v) is 16.6. The van der Waals surface area contributed by atoms with Crippen LogP contribution in [0.1, 0.15) is 47.2 Å². The van der Waals surface area contributed by atoms with Crippen LogP contribution in [0.25, 0.3) is 0 Å². The van der Waals surface area contributed by atoms with Crippen molar-refractivity contribution in [3.05, 3.63) is 58.1 Å². The summed E-state index contributed by atoms with van der Waals surface area (Å²) in [7, 11) is -2.04. The molecule has 2 aromatic rings. The van der Waals surface area contributed by atoms with Crippen molar-refractivity contribution < 1.29 is 13.2 Å². The van der Waals surface area contributed by atoms with Crippen LogP contribution in [0, 0.1) is 27.7 Å². The molecule has 2 aromatic carbocycles. The lowest BCUT2D eigenvalue weighted by Crippen LogP contribution is -2.29. The van der Waals surface area contributed by atoms with Crippen molar-refractivity contribution in [2.45, 2.75) is 52.0 Å². The van der Waals surface area contributed by atoms with Crippen molar-refractivity contribution >= 4 is 10.0 Å². The Bertz CT molecular complexity index is 873. The van der Waals surface area contributed by atoms with Gasteiger partial charge in [-0.25, -0.2) is 13.1 Å². The third-order valence-electron chi connectivity index (χ3n) is 4.84. The molecule has 136 valence electrons. The van der Waals surface area contributed by atoms with Gasteiger partial charge in [-0.2, -0.15) is 0 Å². The van der Waals surface area contributed by atoms with Crippen molar-refractivity contribution in [3.63, 3.8) is 0 Å². The molecule has 0 saturated heterocycles. The molecule has 0 saturated carbocycles. The van der Waals surface area contributed by atoms with Gasteiger partial charge in [0.25, 0.3) is 0 Å². The first kappa shape index (κ1) is 19.5. The highest BCUT2D eigenvalue weighted by Crippen LogP contribution is 2.28. The molecule has 0 aromatic heterocycles. The number of rotatable bonds is 6. The second kappa shape index (κ2) is 7.58. The van der Waals surface area contributed by atoms with Gasteiger partial charge in [0.05, 0.1) is 12.0 Å². The zero-order valence-electron chi connectivity index (χ0n) is 15.8. The lowest BCUT2D eigenvalue weighted by molar-refractivity contribution is 0.410. The first-order valence-electron chi connectivity index (χ1n) is 8.45. The van der Waals surface area contributed by atoms with Crippen molar-refractivity contribution in [1.29, 1.82) is 0 Å². The largest absolute Gasteiger partial charge is 0.496 e. The standard InChI is InChI=1S/C20H27NO3S/c1-7-18(17-9-8-13(2)14(3)12-17)21-25(22,23)20-11-10-19(24-6)15(4)16(20)5/h8-12,18,21H,7H2,1-6H3. The quantitative estimate of drug-likeness (QED) is 0.832. The van der Waals surface area contributed by atoms with Crippen LogP contribution in [0.3, 0.4) is 0 Å². The van der Waals surface area contributed by atoms with Gasteiger partial charge < -0.3 is 4.74 Å². The minimum absolute atomic E-state index is 0.258. The van der Waals surface area contributed by atoms with E-state index in [1.54, 1.807) is 19.2 Å². The number of aryl methyl sites for hydroxylation is 2. The zero-order chi connectivity index (χ0) is 18.8. The summed E-state index contributed by atoms with van der Waals surface area (Å²) in [5.74, 6) is 0.692. The molecule has 1 unspecified atom stereocenters. The summed E-state index contributed by atoms with van der Waals surface area (Å²) >= 11 is 0. The topological polar surface area (TPSA) is 55.4 Å². The fraction of sp³-hybridized carbons (Fsp3) is 0.400. The molecular weight excluding hydrogens is 334 g/mol. The average molecular weight is 362 g/mol. The van der Waals surface area contributed by atoms with E-state index < -0.39 is 10.0 Å². The Hall–Kier alpha value is -1.85. The van der Waals surface area contributed by atoms with Crippen LogP contribution in [-0.2, 0) is 10.0 Å². The van der Waals surface area contributed by atoms with Gasteiger partial charge in [-0.15, -0.1) is 0 Å². The highest BCUT2D eigenvalue weighted by atomic mass is 32.2. The number of sulfonamides is 1. The van der Waals surface area contributed by atoms with E-state index in [-0.39, 0.29) is 6.04 Å². The van der Waals surface area contributed by atoms with Gasteiger partial charge in [-0.05, 0) is 74.1 Å². The maximum Gasteiger partial charge on any atom is 0.241 e. The molecular formula is C20H27NO3S. The third-order valence-corrected chi connectivity index (χ3v) is 6.45. The smallest absolute Gasteiger partial charge is 0.241 e. The van der Waals surface area contributed by atoms with E-state index in [4.69, 9.17) is 4.74 Å². The van der Waals surface area contributed by atoms with E-state index in [0.29, 0.717) is 22.6 Å². The molecule has 0 bridgehead atoms. The van der Waals surface area contributed by atoms with Crippen LogP contribution >= 0.6 is 0 Å². The molecule has 0 heterocycles. The molecule has 5 heteroatoms. The average Bonchev–Trinajstić information content (AvgIpc) is 2.57. The maximum atomic E-state index is 12.9. The normalized spacial score (nSPS) is 12.9. The van der Waals surface area contributed by atoms with Crippen LogP contribution in [0.4, 0.5) is 0 Å². The minimum Gasteiger partial charge on any atom is -0.496 e. The summed E-state index contributed by atoms with van der Waals surface area (Å²) in [4.78, 5) is 0.299.